The van der Waals surface area contributed by atoms with E-state index in [1.807, 2.05) is 0 Å². The van der Waals surface area contributed by atoms with Crippen LogP contribution in [-0.4, -0.2) is 75.1 Å². The first-order valence-electron chi connectivity index (χ1n) is 10.2. The third-order valence-electron chi connectivity index (χ3n) is 5.96. The van der Waals surface area contributed by atoms with E-state index in [1.165, 1.54) is 13.1 Å². The van der Waals surface area contributed by atoms with Gasteiger partial charge in [-0.1, -0.05) is 0 Å². The summed E-state index contributed by atoms with van der Waals surface area (Å²) in [5, 5.41) is 2.80. The summed E-state index contributed by atoms with van der Waals surface area (Å²) in [6.45, 7) is 1.86. The number of carbonyl (C=O) groups is 2. The molecule has 1 N–H and O–H groups in total. The predicted molar refractivity (Wildman–Crippen MR) is 108 cm³/mol. The Morgan fingerprint density at radius 1 is 1.20 bits per heavy atom. The van der Waals surface area contributed by atoms with Crippen LogP contribution in [0.2, 0.25) is 0 Å². The molecule has 0 atom stereocenters. The molecule has 9 nitrogen and oxygen atoms in total. The third kappa shape index (κ3) is 4.22. The summed E-state index contributed by atoms with van der Waals surface area (Å²) in [6.07, 6.45) is 2.89. The Hall–Kier alpha value is -2.01. The molecule has 10 heteroatoms. The van der Waals surface area contributed by atoms with Gasteiger partial charge in [0.05, 0.1) is 24.7 Å². The van der Waals surface area contributed by atoms with Gasteiger partial charge < -0.3 is 19.7 Å². The topological polar surface area (TPSA) is 105 Å². The number of aryl methyl sites for hydroxylation is 1. The summed E-state index contributed by atoms with van der Waals surface area (Å²) in [6, 6.07) is 4.68. The number of benzene rings is 1. The molecule has 0 bridgehead atoms. The summed E-state index contributed by atoms with van der Waals surface area (Å²) >= 11 is 0. The number of amides is 2. The minimum Gasteiger partial charge on any atom is -0.347 e. The van der Waals surface area contributed by atoms with E-state index >= 15 is 0 Å². The lowest BCUT2D eigenvalue weighted by Crippen LogP contribution is -2.50. The molecule has 3 aliphatic rings. The molecule has 0 unspecified atom stereocenters. The number of sulfonamides is 1. The minimum absolute atomic E-state index is 0.0659. The van der Waals surface area contributed by atoms with Crippen molar-refractivity contribution in [3.05, 3.63) is 23.8 Å². The van der Waals surface area contributed by atoms with Crippen molar-refractivity contribution in [2.75, 3.05) is 45.2 Å². The van der Waals surface area contributed by atoms with Crippen molar-refractivity contribution < 1.29 is 27.5 Å². The maximum Gasteiger partial charge on any atom is 0.243 e. The van der Waals surface area contributed by atoms with Crippen LogP contribution in [0.5, 0.6) is 0 Å². The van der Waals surface area contributed by atoms with Crippen molar-refractivity contribution >= 4 is 27.5 Å². The van der Waals surface area contributed by atoms with E-state index in [0.717, 1.165) is 9.87 Å². The van der Waals surface area contributed by atoms with E-state index in [9.17, 15) is 18.0 Å². The third-order valence-corrected chi connectivity index (χ3v) is 7.76. The highest BCUT2D eigenvalue weighted by atomic mass is 32.2. The highest BCUT2D eigenvalue weighted by molar-refractivity contribution is 7.89. The van der Waals surface area contributed by atoms with Gasteiger partial charge in [-0.15, -0.1) is 0 Å². The van der Waals surface area contributed by atoms with Gasteiger partial charge in [-0.2, -0.15) is 4.31 Å². The molecule has 0 saturated carbocycles. The number of hydrogen-bond donors (Lipinski definition) is 1. The number of nitrogens with zero attached hydrogens (tertiary/aromatic N) is 2. The summed E-state index contributed by atoms with van der Waals surface area (Å²) in [7, 11) is -2.42. The number of rotatable bonds is 4. The quantitative estimate of drug-likeness (QED) is 0.752. The van der Waals surface area contributed by atoms with E-state index in [2.05, 4.69) is 5.32 Å². The molecule has 2 fully saturated rings. The van der Waals surface area contributed by atoms with Gasteiger partial charge in [0, 0.05) is 45.1 Å². The molecule has 3 heterocycles. The number of hydrogen-bond acceptors (Lipinski definition) is 6. The second-order valence-corrected chi connectivity index (χ2v) is 10.0. The van der Waals surface area contributed by atoms with Crippen molar-refractivity contribution in [2.24, 2.45) is 0 Å². The van der Waals surface area contributed by atoms with Crippen LogP contribution in [0.25, 0.3) is 0 Å². The van der Waals surface area contributed by atoms with Crippen molar-refractivity contribution in [2.45, 2.75) is 42.8 Å². The Balaban J connectivity index is 1.41. The molecule has 1 aromatic carbocycles. The van der Waals surface area contributed by atoms with Gasteiger partial charge in [0.2, 0.25) is 21.8 Å². The van der Waals surface area contributed by atoms with Gasteiger partial charge in [-0.3, -0.25) is 9.59 Å². The number of piperidine rings is 1. The highest BCUT2D eigenvalue weighted by Gasteiger charge is 2.41. The van der Waals surface area contributed by atoms with E-state index in [4.69, 9.17) is 9.47 Å². The average Bonchev–Trinajstić information content (AvgIpc) is 3.08. The molecule has 1 aromatic rings. The highest BCUT2D eigenvalue weighted by Crippen LogP contribution is 2.31. The number of carbonyl (C=O) groups excluding carboxylic acids is 2. The maximum atomic E-state index is 13.0. The van der Waals surface area contributed by atoms with Gasteiger partial charge >= 0.3 is 0 Å². The van der Waals surface area contributed by atoms with Gasteiger partial charge in [-0.25, -0.2) is 8.42 Å². The lowest BCUT2D eigenvalue weighted by molar-refractivity contribution is -0.187. The first kappa shape index (κ1) is 21.2. The summed E-state index contributed by atoms with van der Waals surface area (Å²) in [4.78, 5) is 26.2. The molecule has 0 aliphatic carbocycles. The molecule has 2 amide bonds. The van der Waals surface area contributed by atoms with Crippen LogP contribution in [0, 0.1) is 0 Å². The zero-order valence-electron chi connectivity index (χ0n) is 17.1. The summed E-state index contributed by atoms with van der Waals surface area (Å²) in [5.41, 5.74) is 1.44. The van der Waals surface area contributed by atoms with Crippen LogP contribution < -0.4 is 5.32 Å². The van der Waals surface area contributed by atoms with Crippen LogP contribution in [0.15, 0.2) is 23.1 Å². The fraction of sp³-hybridized carbons (Fsp3) is 0.600. The van der Waals surface area contributed by atoms with Crippen molar-refractivity contribution in [1.29, 1.82) is 0 Å². The molecule has 30 heavy (non-hydrogen) atoms. The number of fused-ring (bicyclic) bond motifs is 1. The molecular formula is C20H27N3O6S. The van der Waals surface area contributed by atoms with Gasteiger partial charge in [0.25, 0.3) is 0 Å². The minimum atomic E-state index is -3.83. The Labute approximate surface area is 176 Å². The van der Waals surface area contributed by atoms with Crippen LogP contribution in [0.1, 0.15) is 31.2 Å². The fourth-order valence-electron chi connectivity index (χ4n) is 4.15. The van der Waals surface area contributed by atoms with E-state index in [-0.39, 0.29) is 23.3 Å². The smallest absolute Gasteiger partial charge is 0.243 e. The van der Waals surface area contributed by atoms with Crippen LogP contribution in [0.4, 0.5) is 5.69 Å². The Bertz CT molecular complexity index is 932. The monoisotopic (exact) mass is 437 g/mol. The van der Waals surface area contributed by atoms with E-state index in [0.29, 0.717) is 64.1 Å². The summed E-state index contributed by atoms with van der Waals surface area (Å²) in [5.74, 6) is -0.883. The second-order valence-electron chi connectivity index (χ2n) is 7.97. The van der Waals surface area contributed by atoms with Crippen molar-refractivity contribution in [3.8, 4) is 0 Å². The molecule has 1 spiro atoms. The normalized spacial score (nSPS) is 21.4. The SMILES string of the molecule is CN(CC(=O)N1CCC2(CC1)OCCO2)S(=O)(=O)c1ccc2c(c1)CCCC(=O)N2. The second kappa shape index (κ2) is 8.26. The number of likely N-dealkylation sites (tertiary alicyclic amines) is 1. The van der Waals surface area contributed by atoms with Crippen LogP contribution in [-0.2, 0) is 35.5 Å². The summed E-state index contributed by atoms with van der Waals surface area (Å²) < 4.78 is 38.5. The van der Waals surface area contributed by atoms with Crippen molar-refractivity contribution in [3.63, 3.8) is 0 Å². The molecule has 3 aliphatic heterocycles. The Kier molecular flexibility index (Phi) is 5.84. The average molecular weight is 438 g/mol. The Morgan fingerprint density at radius 3 is 2.60 bits per heavy atom. The van der Waals surface area contributed by atoms with Crippen LogP contribution >= 0.6 is 0 Å². The molecule has 0 radical (unpaired) electrons. The van der Waals surface area contributed by atoms with Crippen LogP contribution in [0.3, 0.4) is 0 Å². The zero-order chi connectivity index (χ0) is 21.4. The lowest BCUT2D eigenvalue weighted by Gasteiger charge is -2.38. The zero-order valence-corrected chi connectivity index (χ0v) is 17.9. The molecule has 4 rings (SSSR count). The first-order chi connectivity index (χ1) is 14.3. The molecule has 164 valence electrons. The number of nitrogens with one attached hydrogen (secondary N) is 1. The van der Waals surface area contributed by atoms with E-state index in [1.54, 1.807) is 17.0 Å². The predicted octanol–water partition coefficient (Wildman–Crippen LogP) is 0.947. The van der Waals surface area contributed by atoms with Gasteiger partial charge in [-0.05, 0) is 36.6 Å². The molecule has 2 saturated heterocycles. The first-order valence-corrected chi connectivity index (χ1v) is 11.7. The Morgan fingerprint density at radius 2 is 1.90 bits per heavy atom. The van der Waals surface area contributed by atoms with Gasteiger partial charge in [0.15, 0.2) is 5.79 Å². The van der Waals surface area contributed by atoms with Crippen molar-refractivity contribution in [1.82, 2.24) is 9.21 Å². The van der Waals surface area contributed by atoms with E-state index < -0.39 is 15.8 Å². The largest absolute Gasteiger partial charge is 0.347 e. The lowest BCUT2D eigenvalue weighted by atomic mass is 10.0. The molecule has 0 aromatic heterocycles. The standard InChI is InChI=1S/C20H27N3O6S/c1-22(14-19(25)23-9-7-20(8-10-23)28-11-12-29-20)30(26,27)16-5-6-17-15(13-16)3-2-4-18(24)21-17/h5-6,13H,2-4,7-12,14H2,1H3,(H,21,24). The number of anilines is 1. The van der Waals surface area contributed by atoms with Gasteiger partial charge in [0.1, 0.15) is 0 Å². The molecular weight excluding hydrogens is 410 g/mol. The fourth-order valence-corrected chi connectivity index (χ4v) is 5.32. The number of ether oxygens (including phenoxy) is 2. The number of likely N-dealkylation sites (N-methyl/N-ethyl adjacent to an activating group) is 1. The maximum absolute atomic E-state index is 13.0.